The molecule has 1 aromatic carbocycles. The first-order valence-corrected chi connectivity index (χ1v) is 8.56. The summed E-state index contributed by atoms with van der Waals surface area (Å²) >= 11 is 0. The molecular weight excluding hydrogens is 349 g/mol. The fourth-order valence-electron chi connectivity index (χ4n) is 2.92. The van der Waals surface area contributed by atoms with Gasteiger partial charge in [-0.1, -0.05) is 0 Å². The molecule has 138 valence electrons. The van der Waals surface area contributed by atoms with Crippen molar-refractivity contribution in [3.05, 3.63) is 61.2 Å². The summed E-state index contributed by atoms with van der Waals surface area (Å²) in [6.07, 6.45) is 6.73. The molecule has 1 fully saturated rings. The van der Waals surface area contributed by atoms with Crippen LogP contribution in [0.5, 0.6) is 0 Å². The van der Waals surface area contributed by atoms with Gasteiger partial charge in [0, 0.05) is 50.3 Å². The second-order valence-electron chi connectivity index (χ2n) is 6.12. The zero-order valence-corrected chi connectivity index (χ0v) is 14.5. The van der Waals surface area contributed by atoms with Crippen molar-refractivity contribution in [3.8, 4) is 5.82 Å². The normalized spacial score (nSPS) is 14.3. The third-order valence-electron chi connectivity index (χ3n) is 4.39. The summed E-state index contributed by atoms with van der Waals surface area (Å²) in [5, 5.41) is 2.79. The Balaban J connectivity index is 1.37. The average Bonchev–Trinajstić information content (AvgIpc) is 3.25. The number of rotatable bonds is 3. The smallest absolute Gasteiger partial charge is 0.321 e. The highest BCUT2D eigenvalue weighted by Crippen LogP contribution is 2.17. The molecule has 0 aliphatic carbocycles. The van der Waals surface area contributed by atoms with Gasteiger partial charge in [0.25, 0.3) is 0 Å². The van der Waals surface area contributed by atoms with Crippen LogP contribution in [0.25, 0.3) is 5.82 Å². The van der Waals surface area contributed by atoms with E-state index in [4.69, 9.17) is 0 Å². The molecule has 1 N–H and O–H groups in total. The van der Waals surface area contributed by atoms with Crippen LogP contribution >= 0.6 is 0 Å². The van der Waals surface area contributed by atoms with Gasteiger partial charge in [-0.05, 0) is 24.3 Å². The maximum absolute atomic E-state index is 13.0. The predicted octanol–water partition coefficient (Wildman–Crippen LogP) is 2.16. The van der Waals surface area contributed by atoms with Gasteiger partial charge >= 0.3 is 6.03 Å². The summed E-state index contributed by atoms with van der Waals surface area (Å²) in [6, 6.07) is 7.43. The summed E-state index contributed by atoms with van der Waals surface area (Å²) in [5.74, 6) is 1.22. The van der Waals surface area contributed by atoms with E-state index in [1.165, 1.54) is 18.5 Å². The number of nitrogens with one attached hydrogen (secondary N) is 1. The Hall–Kier alpha value is -3.49. The molecule has 2 amide bonds. The maximum Gasteiger partial charge on any atom is 0.321 e. The van der Waals surface area contributed by atoms with Crippen LogP contribution in [0, 0.1) is 5.82 Å². The van der Waals surface area contributed by atoms with Crippen molar-refractivity contribution >= 4 is 17.5 Å². The van der Waals surface area contributed by atoms with E-state index in [1.807, 2.05) is 16.8 Å². The van der Waals surface area contributed by atoms with Crippen LogP contribution in [-0.4, -0.2) is 56.6 Å². The lowest BCUT2D eigenvalue weighted by atomic mass is 10.3. The van der Waals surface area contributed by atoms with Crippen molar-refractivity contribution in [2.24, 2.45) is 0 Å². The zero-order valence-electron chi connectivity index (χ0n) is 14.5. The van der Waals surface area contributed by atoms with Gasteiger partial charge in [-0.25, -0.2) is 24.1 Å². The highest BCUT2D eigenvalue weighted by Gasteiger charge is 2.22. The van der Waals surface area contributed by atoms with Gasteiger partial charge in [-0.15, -0.1) is 0 Å². The number of carbonyl (C=O) groups excluding carboxylic acids is 1. The van der Waals surface area contributed by atoms with E-state index in [2.05, 4.69) is 25.2 Å². The molecule has 27 heavy (non-hydrogen) atoms. The molecule has 1 aliphatic heterocycles. The van der Waals surface area contributed by atoms with Crippen LogP contribution in [-0.2, 0) is 0 Å². The Bertz CT molecular complexity index is 906. The lowest BCUT2D eigenvalue weighted by Crippen LogP contribution is -2.50. The molecule has 0 spiro atoms. The second kappa shape index (κ2) is 7.40. The molecule has 3 heterocycles. The Labute approximate surface area is 155 Å². The average molecular weight is 367 g/mol. The molecule has 1 aliphatic rings. The Morgan fingerprint density at radius 1 is 1.04 bits per heavy atom. The van der Waals surface area contributed by atoms with E-state index >= 15 is 0 Å². The van der Waals surface area contributed by atoms with Crippen molar-refractivity contribution < 1.29 is 9.18 Å². The fourth-order valence-corrected chi connectivity index (χ4v) is 2.92. The monoisotopic (exact) mass is 367 g/mol. The zero-order chi connectivity index (χ0) is 18.6. The Morgan fingerprint density at radius 2 is 1.78 bits per heavy atom. The lowest BCUT2D eigenvalue weighted by Gasteiger charge is -2.35. The van der Waals surface area contributed by atoms with Gasteiger partial charge in [0.1, 0.15) is 30.1 Å². The van der Waals surface area contributed by atoms with Crippen LogP contribution in [0.1, 0.15) is 0 Å². The van der Waals surface area contributed by atoms with Gasteiger partial charge < -0.3 is 15.1 Å². The Kier molecular flexibility index (Phi) is 4.65. The summed E-state index contributed by atoms with van der Waals surface area (Å²) < 4.78 is 14.8. The first-order chi connectivity index (χ1) is 13.2. The topological polar surface area (TPSA) is 79.2 Å². The van der Waals surface area contributed by atoms with Crippen molar-refractivity contribution in [2.45, 2.75) is 0 Å². The molecule has 3 aromatic rings. The maximum atomic E-state index is 13.0. The fraction of sp³-hybridized carbons (Fsp3) is 0.222. The number of hydrogen-bond acceptors (Lipinski definition) is 5. The first-order valence-electron chi connectivity index (χ1n) is 8.56. The highest BCUT2D eigenvalue weighted by atomic mass is 19.1. The number of imidazole rings is 1. The molecule has 4 rings (SSSR count). The number of piperazine rings is 1. The molecule has 0 bridgehead atoms. The molecule has 8 nitrogen and oxygen atoms in total. The van der Waals surface area contributed by atoms with Crippen LogP contribution in [0.15, 0.2) is 55.4 Å². The van der Waals surface area contributed by atoms with Crippen molar-refractivity contribution in [2.75, 3.05) is 36.4 Å². The molecule has 0 radical (unpaired) electrons. The Morgan fingerprint density at radius 3 is 2.48 bits per heavy atom. The number of urea groups is 1. The minimum absolute atomic E-state index is 0.192. The number of halogens is 1. The number of carbonyl (C=O) groups is 1. The van der Waals surface area contributed by atoms with Gasteiger partial charge in [-0.3, -0.25) is 4.57 Å². The van der Waals surface area contributed by atoms with Crippen molar-refractivity contribution in [1.82, 2.24) is 24.4 Å². The highest BCUT2D eigenvalue weighted by molar-refractivity contribution is 5.89. The molecule has 0 unspecified atom stereocenters. The van der Waals surface area contributed by atoms with Gasteiger partial charge in [0.15, 0.2) is 0 Å². The number of anilines is 2. The summed E-state index contributed by atoms with van der Waals surface area (Å²) in [5.41, 5.74) is 0.574. The number of hydrogen-bond donors (Lipinski definition) is 1. The first kappa shape index (κ1) is 17.0. The quantitative estimate of drug-likeness (QED) is 0.767. The summed E-state index contributed by atoms with van der Waals surface area (Å²) in [4.78, 5) is 28.8. The number of nitrogens with zero attached hydrogens (tertiary/aromatic N) is 6. The van der Waals surface area contributed by atoms with Gasteiger partial charge in [0.2, 0.25) is 0 Å². The number of benzene rings is 1. The number of aromatic nitrogens is 4. The third kappa shape index (κ3) is 3.86. The molecular formula is C18H18FN7O. The summed E-state index contributed by atoms with van der Waals surface area (Å²) in [7, 11) is 0. The molecule has 9 heteroatoms. The van der Waals surface area contributed by atoms with E-state index in [0.717, 1.165) is 11.6 Å². The van der Waals surface area contributed by atoms with Crippen LogP contribution < -0.4 is 10.2 Å². The van der Waals surface area contributed by atoms with Crippen LogP contribution in [0.2, 0.25) is 0 Å². The van der Waals surface area contributed by atoms with Gasteiger partial charge in [-0.2, -0.15) is 0 Å². The van der Waals surface area contributed by atoms with Crippen molar-refractivity contribution in [3.63, 3.8) is 0 Å². The molecule has 2 aromatic heterocycles. The number of amides is 2. The summed E-state index contributed by atoms with van der Waals surface area (Å²) in [6.45, 7) is 2.46. The standard InChI is InChI=1S/C18H18FN7O/c19-14-1-3-15(4-2-14)23-18(27)25-9-7-24(8-10-25)16-11-17(22-12-21-16)26-6-5-20-13-26/h1-6,11-13H,7-10H2,(H,23,27). The second-order valence-corrected chi connectivity index (χ2v) is 6.12. The third-order valence-corrected chi connectivity index (χ3v) is 4.39. The van der Waals surface area contributed by atoms with E-state index < -0.39 is 0 Å². The lowest BCUT2D eigenvalue weighted by molar-refractivity contribution is 0.208. The molecule has 0 atom stereocenters. The van der Waals surface area contributed by atoms with E-state index in [-0.39, 0.29) is 11.8 Å². The van der Waals surface area contributed by atoms with E-state index in [0.29, 0.717) is 31.9 Å². The molecule has 0 saturated carbocycles. The SMILES string of the molecule is O=C(Nc1ccc(F)cc1)N1CCN(c2cc(-n3ccnc3)ncn2)CC1. The van der Waals surface area contributed by atoms with E-state index in [1.54, 1.807) is 29.6 Å². The van der Waals surface area contributed by atoms with E-state index in [9.17, 15) is 9.18 Å². The minimum atomic E-state index is -0.332. The van der Waals surface area contributed by atoms with Crippen LogP contribution in [0.3, 0.4) is 0 Å². The largest absolute Gasteiger partial charge is 0.353 e. The minimum Gasteiger partial charge on any atom is -0.353 e. The van der Waals surface area contributed by atoms with Crippen LogP contribution in [0.4, 0.5) is 20.7 Å². The van der Waals surface area contributed by atoms with Gasteiger partial charge in [0.05, 0.1) is 0 Å². The van der Waals surface area contributed by atoms with Crippen molar-refractivity contribution in [1.29, 1.82) is 0 Å². The molecule has 1 saturated heterocycles. The predicted molar refractivity (Wildman–Crippen MR) is 98.4 cm³/mol.